The molecule has 1 N–H and O–H groups in total. The van der Waals surface area contributed by atoms with Gasteiger partial charge in [0.1, 0.15) is 0 Å². The Morgan fingerprint density at radius 3 is 2.36 bits per heavy atom. The minimum Gasteiger partial charge on any atom is -0.312 e. The monoisotopic (exact) mass is 326 g/mol. The number of nitrogens with zero attached hydrogens (tertiary/aromatic N) is 1. The topological polar surface area (TPSA) is 15.3 Å². The Bertz CT molecular complexity index is 494. The number of halogens is 6. The van der Waals surface area contributed by atoms with E-state index < -0.39 is 30.2 Å². The molecule has 1 saturated heterocycles. The first-order valence-electron chi connectivity index (χ1n) is 6.88. The number of likely N-dealkylation sites (tertiary alicyclic amines) is 1. The molecule has 1 atom stereocenters. The van der Waals surface area contributed by atoms with E-state index in [9.17, 15) is 26.3 Å². The molecule has 2 rings (SSSR count). The van der Waals surface area contributed by atoms with Crippen molar-refractivity contribution in [3.05, 3.63) is 35.1 Å². The maximum atomic E-state index is 13.0. The molecule has 8 heteroatoms. The van der Waals surface area contributed by atoms with Gasteiger partial charge in [-0.25, -0.2) is 13.2 Å². The summed E-state index contributed by atoms with van der Waals surface area (Å²) in [5, 5.41) is 2.94. The van der Waals surface area contributed by atoms with Gasteiger partial charge in [-0.05, 0) is 43.1 Å². The first-order chi connectivity index (χ1) is 10.2. The van der Waals surface area contributed by atoms with E-state index in [0.29, 0.717) is 26.1 Å². The molecule has 1 heterocycles. The number of hydrogen-bond acceptors (Lipinski definition) is 2. The molecule has 0 amide bonds. The van der Waals surface area contributed by atoms with Crippen molar-refractivity contribution < 1.29 is 26.3 Å². The van der Waals surface area contributed by atoms with Gasteiger partial charge in [0.2, 0.25) is 0 Å². The van der Waals surface area contributed by atoms with Crippen LogP contribution in [-0.2, 0) is 6.54 Å². The second-order valence-corrected chi connectivity index (χ2v) is 5.51. The Kier molecular flexibility index (Phi) is 5.33. The molecule has 0 saturated carbocycles. The highest BCUT2D eigenvalue weighted by molar-refractivity contribution is 5.19. The van der Waals surface area contributed by atoms with Crippen LogP contribution in [-0.4, -0.2) is 37.3 Å². The zero-order valence-electron chi connectivity index (χ0n) is 11.7. The zero-order chi connectivity index (χ0) is 16.3. The average molecular weight is 326 g/mol. The summed E-state index contributed by atoms with van der Waals surface area (Å²) in [4.78, 5) is 1.34. The third-order valence-electron chi connectivity index (χ3n) is 3.58. The summed E-state index contributed by atoms with van der Waals surface area (Å²) in [5.41, 5.74) is 0.251. The lowest BCUT2D eigenvalue weighted by atomic mass is 10.1. The quantitative estimate of drug-likeness (QED) is 0.661. The van der Waals surface area contributed by atoms with Gasteiger partial charge in [-0.2, -0.15) is 13.2 Å². The highest BCUT2D eigenvalue weighted by Crippen LogP contribution is 2.22. The summed E-state index contributed by atoms with van der Waals surface area (Å²) in [6.45, 7) is 0.362. The van der Waals surface area contributed by atoms with Crippen LogP contribution in [0.5, 0.6) is 0 Å². The van der Waals surface area contributed by atoms with Gasteiger partial charge in [0.05, 0.1) is 6.54 Å². The molecule has 1 aliphatic rings. The summed E-state index contributed by atoms with van der Waals surface area (Å²) in [6.07, 6.45) is -3.57. The van der Waals surface area contributed by atoms with Crippen molar-refractivity contribution in [2.24, 2.45) is 5.92 Å². The van der Waals surface area contributed by atoms with Crippen LogP contribution in [0.3, 0.4) is 0 Å². The van der Waals surface area contributed by atoms with E-state index >= 15 is 0 Å². The Hall–Kier alpha value is -1.28. The van der Waals surface area contributed by atoms with Gasteiger partial charge < -0.3 is 5.32 Å². The third kappa shape index (κ3) is 4.88. The Morgan fingerprint density at radius 1 is 1.14 bits per heavy atom. The van der Waals surface area contributed by atoms with Crippen LogP contribution in [0.15, 0.2) is 12.1 Å². The van der Waals surface area contributed by atoms with Crippen molar-refractivity contribution in [1.29, 1.82) is 0 Å². The number of benzene rings is 1. The van der Waals surface area contributed by atoms with E-state index in [0.717, 1.165) is 12.1 Å². The molecule has 1 fully saturated rings. The van der Waals surface area contributed by atoms with E-state index in [1.807, 2.05) is 0 Å². The second kappa shape index (κ2) is 6.87. The highest BCUT2D eigenvalue weighted by atomic mass is 19.4. The molecule has 124 valence electrons. The van der Waals surface area contributed by atoms with Crippen molar-refractivity contribution in [1.82, 2.24) is 10.2 Å². The molecular formula is C14H16F6N2. The smallest absolute Gasteiger partial charge is 0.312 e. The van der Waals surface area contributed by atoms with Gasteiger partial charge in [0, 0.05) is 13.1 Å². The van der Waals surface area contributed by atoms with Gasteiger partial charge in [-0.3, -0.25) is 4.90 Å². The van der Waals surface area contributed by atoms with E-state index in [-0.39, 0.29) is 18.0 Å². The third-order valence-corrected chi connectivity index (χ3v) is 3.58. The van der Waals surface area contributed by atoms with Crippen LogP contribution in [0.4, 0.5) is 26.3 Å². The summed E-state index contributed by atoms with van der Waals surface area (Å²) in [6, 6.07) is 1.80. The van der Waals surface area contributed by atoms with E-state index in [1.165, 1.54) is 4.90 Å². The summed E-state index contributed by atoms with van der Waals surface area (Å²) in [5.74, 6) is -3.97. The van der Waals surface area contributed by atoms with Crippen molar-refractivity contribution in [2.45, 2.75) is 19.1 Å². The highest BCUT2D eigenvalue weighted by Gasteiger charge is 2.34. The summed E-state index contributed by atoms with van der Waals surface area (Å²) in [7, 11) is 0. The predicted molar refractivity (Wildman–Crippen MR) is 68.6 cm³/mol. The molecule has 2 nitrogen and oxygen atoms in total. The van der Waals surface area contributed by atoms with Crippen LogP contribution >= 0.6 is 0 Å². The van der Waals surface area contributed by atoms with Gasteiger partial charge >= 0.3 is 6.18 Å². The van der Waals surface area contributed by atoms with Crippen molar-refractivity contribution >= 4 is 0 Å². The van der Waals surface area contributed by atoms with Crippen LogP contribution < -0.4 is 5.32 Å². The van der Waals surface area contributed by atoms with E-state index in [2.05, 4.69) is 5.32 Å². The molecule has 0 aliphatic carbocycles. The predicted octanol–water partition coefficient (Wildman–Crippen LogP) is 3.08. The van der Waals surface area contributed by atoms with Crippen LogP contribution in [0.25, 0.3) is 0 Å². The second-order valence-electron chi connectivity index (χ2n) is 5.51. The minimum absolute atomic E-state index is 0.0532. The standard InChI is InChI=1S/C14H16F6N2/c15-11-3-10(4-12(16)13(11)17)6-21-5-9-1-2-22(7-9)8-14(18,19)20/h3-4,9,21H,1-2,5-8H2. The fourth-order valence-corrected chi connectivity index (χ4v) is 2.61. The molecule has 1 unspecified atom stereocenters. The Balaban J connectivity index is 1.76. The molecule has 0 spiro atoms. The average Bonchev–Trinajstić information content (AvgIpc) is 2.81. The van der Waals surface area contributed by atoms with E-state index in [4.69, 9.17) is 0 Å². The number of alkyl halides is 3. The molecule has 1 aromatic carbocycles. The first kappa shape index (κ1) is 17.1. The summed E-state index contributed by atoms with van der Waals surface area (Å²) < 4.78 is 75.6. The van der Waals surface area contributed by atoms with Crippen LogP contribution in [0, 0.1) is 23.4 Å². The number of rotatable bonds is 5. The molecule has 0 bridgehead atoms. The largest absolute Gasteiger partial charge is 0.401 e. The molecular weight excluding hydrogens is 310 g/mol. The SMILES string of the molecule is Fc1cc(CNCC2CCN(CC(F)(F)F)C2)cc(F)c1F. The lowest BCUT2D eigenvalue weighted by Gasteiger charge is -2.18. The fourth-order valence-electron chi connectivity index (χ4n) is 2.61. The molecule has 0 radical (unpaired) electrons. The van der Waals surface area contributed by atoms with Gasteiger partial charge in [0.25, 0.3) is 0 Å². The Labute approximate surface area is 124 Å². The van der Waals surface area contributed by atoms with Crippen molar-refractivity contribution in [2.75, 3.05) is 26.2 Å². The molecule has 1 aromatic rings. The molecule has 1 aliphatic heterocycles. The molecule has 22 heavy (non-hydrogen) atoms. The number of hydrogen-bond donors (Lipinski definition) is 1. The normalized spacial score (nSPS) is 19.8. The fraction of sp³-hybridized carbons (Fsp3) is 0.571. The maximum absolute atomic E-state index is 13.0. The number of nitrogens with one attached hydrogen (secondary N) is 1. The van der Waals surface area contributed by atoms with Gasteiger partial charge in [-0.15, -0.1) is 0 Å². The first-order valence-corrected chi connectivity index (χ1v) is 6.88. The van der Waals surface area contributed by atoms with Gasteiger partial charge in [0.15, 0.2) is 17.5 Å². The van der Waals surface area contributed by atoms with Crippen molar-refractivity contribution in [3.8, 4) is 0 Å². The zero-order valence-corrected chi connectivity index (χ0v) is 11.7. The van der Waals surface area contributed by atoms with Gasteiger partial charge in [-0.1, -0.05) is 0 Å². The molecule has 0 aromatic heterocycles. The van der Waals surface area contributed by atoms with Crippen LogP contribution in [0.1, 0.15) is 12.0 Å². The van der Waals surface area contributed by atoms with Crippen LogP contribution in [0.2, 0.25) is 0 Å². The minimum atomic E-state index is -4.20. The lowest BCUT2D eigenvalue weighted by molar-refractivity contribution is -0.143. The Morgan fingerprint density at radius 2 is 1.77 bits per heavy atom. The summed E-state index contributed by atoms with van der Waals surface area (Å²) >= 11 is 0. The van der Waals surface area contributed by atoms with Crippen molar-refractivity contribution in [3.63, 3.8) is 0 Å². The van der Waals surface area contributed by atoms with E-state index in [1.54, 1.807) is 0 Å². The lowest BCUT2D eigenvalue weighted by Crippen LogP contribution is -2.33. The maximum Gasteiger partial charge on any atom is 0.401 e.